The van der Waals surface area contributed by atoms with Crippen LogP contribution < -0.4 is 0 Å². The van der Waals surface area contributed by atoms with Crippen LogP contribution in [-0.2, 0) is 23.3 Å². The van der Waals surface area contributed by atoms with Crippen LogP contribution >= 0.6 is 20.3 Å². The van der Waals surface area contributed by atoms with Crippen molar-refractivity contribution >= 4 is 36.6 Å². The number of hydrogen-bond acceptors (Lipinski definition) is 10. The van der Waals surface area contributed by atoms with Crippen molar-refractivity contribution in [3.63, 3.8) is 0 Å². The molecule has 1 aliphatic heterocycles. The Bertz CT molecular complexity index is 986. The van der Waals surface area contributed by atoms with Gasteiger partial charge in [0.2, 0.25) is 0 Å². The Hall–Kier alpha value is -1.20. The third-order valence-electron chi connectivity index (χ3n) is 6.12. The molecule has 2 aromatic heterocycles. The van der Waals surface area contributed by atoms with Crippen LogP contribution in [0.1, 0.15) is 72.7 Å². The maximum Gasteiger partial charge on any atom is 0.259 e. The molecule has 2 unspecified atom stereocenters. The number of ether oxygens (including phenoxy) is 2. The summed E-state index contributed by atoms with van der Waals surface area (Å²) in [4.78, 5) is 24.6. The van der Waals surface area contributed by atoms with Crippen LogP contribution in [0.3, 0.4) is 0 Å². The van der Waals surface area contributed by atoms with E-state index in [2.05, 4.69) is 54.2 Å². The number of carbonyl (C=O) groups excluding carboxylic acids is 1. The molecule has 10 nitrogen and oxygen atoms in total. The summed E-state index contributed by atoms with van der Waals surface area (Å²) in [6.45, 7) is 15.9. The SMILES string of the molecule is CCC(=O)SCCOCCOP(OC1C[C@H](n2cnc3c(C)ncnc32)O[C@@H]1CC)N(C(C)C)C(C)C. The number of hydrogen-bond donors (Lipinski definition) is 0. The van der Waals surface area contributed by atoms with Crippen molar-refractivity contribution in [1.82, 2.24) is 24.2 Å². The van der Waals surface area contributed by atoms with Crippen molar-refractivity contribution in [1.29, 1.82) is 0 Å². The van der Waals surface area contributed by atoms with Gasteiger partial charge in [-0.3, -0.25) is 9.36 Å². The molecular formula is C25H42N5O5PS. The van der Waals surface area contributed by atoms with Gasteiger partial charge in [0.25, 0.3) is 8.53 Å². The molecule has 0 N–H and O–H groups in total. The predicted octanol–water partition coefficient (Wildman–Crippen LogP) is 5.27. The molecule has 1 fully saturated rings. The first-order valence-electron chi connectivity index (χ1n) is 13.2. The largest absolute Gasteiger partial charge is 0.378 e. The summed E-state index contributed by atoms with van der Waals surface area (Å²) in [7, 11) is -1.34. The molecule has 0 radical (unpaired) electrons. The molecular weight excluding hydrogens is 513 g/mol. The van der Waals surface area contributed by atoms with Gasteiger partial charge >= 0.3 is 0 Å². The fourth-order valence-electron chi connectivity index (χ4n) is 4.36. The van der Waals surface area contributed by atoms with Crippen LogP contribution in [0.15, 0.2) is 12.7 Å². The van der Waals surface area contributed by atoms with E-state index in [0.29, 0.717) is 38.4 Å². The number of carbonyl (C=O) groups is 1. The maximum absolute atomic E-state index is 11.4. The predicted molar refractivity (Wildman–Crippen MR) is 147 cm³/mol. The summed E-state index contributed by atoms with van der Waals surface area (Å²) in [5.41, 5.74) is 2.41. The molecule has 0 saturated carbocycles. The minimum absolute atomic E-state index is 0.0652. The summed E-state index contributed by atoms with van der Waals surface area (Å²) in [6, 6.07) is 0.498. The minimum Gasteiger partial charge on any atom is -0.378 e. The Morgan fingerprint density at radius 1 is 1.19 bits per heavy atom. The smallest absolute Gasteiger partial charge is 0.259 e. The molecule has 0 spiro atoms. The number of thioether (sulfide) groups is 1. The Morgan fingerprint density at radius 3 is 2.62 bits per heavy atom. The fraction of sp³-hybridized carbons (Fsp3) is 0.760. The number of aryl methyl sites for hydroxylation is 1. The van der Waals surface area contributed by atoms with Gasteiger partial charge in [0.05, 0.1) is 44.0 Å². The highest BCUT2D eigenvalue weighted by Crippen LogP contribution is 2.50. The number of imidazole rings is 1. The van der Waals surface area contributed by atoms with E-state index in [4.69, 9.17) is 18.5 Å². The molecule has 4 atom stereocenters. The molecule has 37 heavy (non-hydrogen) atoms. The van der Waals surface area contributed by atoms with Crippen LogP contribution in [0, 0.1) is 6.92 Å². The first kappa shape index (κ1) is 30.3. The molecule has 3 heterocycles. The third kappa shape index (κ3) is 8.14. The second kappa shape index (κ2) is 14.8. The Morgan fingerprint density at radius 2 is 1.95 bits per heavy atom. The van der Waals surface area contributed by atoms with E-state index in [1.807, 2.05) is 18.4 Å². The number of aromatic nitrogens is 4. The quantitative estimate of drug-likeness (QED) is 0.213. The third-order valence-corrected chi connectivity index (χ3v) is 9.25. The van der Waals surface area contributed by atoms with Gasteiger partial charge in [-0.1, -0.05) is 25.6 Å². The lowest BCUT2D eigenvalue weighted by atomic mass is 10.1. The Labute approximate surface area is 226 Å². The van der Waals surface area contributed by atoms with E-state index in [0.717, 1.165) is 23.3 Å². The molecule has 0 bridgehead atoms. The average Bonchev–Trinajstić information content (AvgIpc) is 3.47. The van der Waals surface area contributed by atoms with Gasteiger partial charge in [-0.2, -0.15) is 0 Å². The van der Waals surface area contributed by atoms with Crippen molar-refractivity contribution in [2.24, 2.45) is 0 Å². The van der Waals surface area contributed by atoms with Crippen LogP contribution in [-0.4, -0.2) is 79.2 Å². The number of nitrogens with zero attached hydrogens (tertiary/aromatic N) is 5. The molecule has 0 aromatic carbocycles. The standard InChI is InChI=1S/C25H42N5O5PS/c1-8-20-21(14-22(34-20)29-16-28-24-19(7)26-15-27-25(24)29)35-36(30(17(3)4)18(5)6)33-11-10-32-12-13-37-23(31)9-2/h15-18,20-22H,8-14H2,1-7H3/t20-,21?,22-,36?/m1/s1. The van der Waals surface area contributed by atoms with E-state index in [1.54, 1.807) is 12.7 Å². The summed E-state index contributed by atoms with van der Waals surface area (Å²) in [5, 5.41) is 0.190. The fourth-order valence-corrected chi connectivity index (χ4v) is 6.73. The highest BCUT2D eigenvalue weighted by atomic mass is 32.2. The molecule has 0 amide bonds. The highest BCUT2D eigenvalue weighted by Gasteiger charge is 2.40. The summed E-state index contributed by atoms with van der Waals surface area (Å²) < 4.78 is 29.4. The zero-order valence-electron chi connectivity index (χ0n) is 23.1. The molecule has 3 rings (SSSR count). The van der Waals surface area contributed by atoms with Crippen molar-refractivity contribution < 1.29 is 23.3 Å². The van der Waals surface area contributed by atoms with Gasteiger partial charge in [0.15, 0.2) is 10.8 Å². The zero-order valence-corrected chi connectivity index (χ0v) is 24.8. The first-order chi connectivity index (χ1) is 17.8. The van der Waals surface area contributed by atoms with Crippen LogP contribution in [0.5, 0.6) is 0 Å². The summed E-state index contributed by atoms with van der Waals surface area (Å²) in [6.07, 6.45) is 4.99. The lowest BCUT2D eigenvalue weighted by Crippen LogP contribution is -2.36. The molecule has 12 heteroatoms. The zero-order chi connectivity index (χ0) is 26.9. The van der Waals surface area contributed by atoms with E-state index in [-0.39, 0.29) is 35.6 Å². The normalized spacial score (nSPS) is 21.1. The lowest BCUT2D eigenvalue weighted by Gasteiger charge is -2.37. The van der Waals surface area contributed by atoms with Gasteiger partial charge < -0.3 is 18.5 Å². The van der Waals surface area contributed by atoms with Gasteiger partial charge in [-0.05, 0) is 41.0 Å². The second-order valence-electron chi connectivity index (χ2n) is 9.53. The van der Waals surface area contributed by atoms with Crippen LogP contribution in [0.25, 0.3) is 11.2 Å². The van der Waals surface area contributed by atoms with Crippen molar-refractivity contribution in [2.45, 2.75) is 98.2 Å². The Kier molecular flexibility index (Phi) is 12.2. The lowest BCUT2D eigenvalue weighted by molar-refractivity contribution is -0.110. The van der Waals surface area contributed by atoms with Crippen LogP contribution in [0.2, 0.25) is 0 Å². The van der Waals surface area contributed by atoms with Gasteiger partial charge in [0, 0.05) is 30.7 Å². The molecule has 1 saturated heterocycles. The van der Waals surface area contributed by atoms with Gasteiger partial charge in [0.1, 0.15) is 18.1 Å². The van der Waals surface area contributed by atoms with Crippen LogP contribution in [0.4, 0.5) is 0 Å². The first-order valence-corrected chi connectivity index (χ1v) is 15.3. The average molecular weight is 556 g/mol. The van der Waals surface area contributed by atoms with E-state index in [1.165, 1.54) is 11.8 Å². The summed E-state index contributed by atoms with van der Waals surface area (Å²) >= 11 is 1.32. The number of rotatable bonds is 15. The van der Waals surface area contributed by atoms with E-state index < -0.39 is 8.53 Å². The Balaban J connectivity index is 1.64. The van der Waals surface area contributed by atoms with E-state index in [9.17, 15) is 4.79 Å². The van der Waals surface area contributed by atoms with Crippen molar-refractivity contribution in [2.75, 3.05) is 25.6 Å². The summed E-state index contributed by atoms with van der Waals surface area (Å²) in [5.74, 6) is 0.661. The van der Waals surface area contributed by atoms with E-state index >= 15 is 0 Å². The van der Waals surface area contributed by atoms with Crippen molar-refractivity contribution in [3.8, 4) is 0 Å². The molecule has 2 aromatic rings. The molecule has 0 aliphatic carbocycles. The number of fused-ring (bicyclic) bond motifs is 1. The monoisotopic (exact) mass is 555 g/mol. The second-order valence-corrected chi connectivity index (χ2v) is 12.1. The minimum atomic E-state index is -1.34. The molecule has 208 valence electrons. The maximum atomic E-state index is 11.4. The highest BCUT2D eigenvalue weighted by molar-refractivity contribution is 8.13. The van der Waals surface area contributed by atoms with Gasteiger partial charge in [-0.15, -0.1) is 0 Å². The van der Waals surface area contributed by atoms with Crippen molar-refractivity contribution in [3.05, 3.63) is 18.3 Å². The topological polar surface area (TPSA) is 101 Å². The van der Waals surface area contributed by atoms with Gasteiger partial charge in [-0.25, -0.2) is 19.6 Å². The molecule has 1 aliphatic rings.